The van der Waals surface area contributed by atoms with Crippen LogP contribution in [0.25, 0.3) is 0 Å². The third-order valence-corrected chi connectivity index (χ3v) is 0.335. The Morgan fingerprint density at radius 2 is 1.43 bits per heavy atom. The predicted molar refractivity (Wildman–Crippen MR) is 9.47 cm³/mol. The molecule has 0 rings (SSSR count). The molecule has 0 heterocycles. The van der Waals surface area contributed by atoms with Crippen molar-refractivity contribution in [3.8, 4) is 0 Å². The summed E-state index contributed by atoms with van der Waals surface area (Å²) in [4.78, 5) is 27.1. The van der Waals surface area contributed by atoms with Crippen LogP contribution in [-0.4, -0.2) is 14.3 Å². The van der Waals surface area contributed by atoms with Crippen molar-refractivity contribution in [1.29, 1.82) is 0 Å². The van der Waals surface area contributed by atoms with Gasteiger partial charge in [-0.05, 0) is 0 Å². The number of hydrogen-bond donors (Lipinski definition) is 1. The van der Waals surface area contributed by atoms with Crippen LogP contribution in [-0.2, 0) is 21.6 Å². The van der Waals surface area contributed by atoms with Gasteiger partial charge in [0.1, 0.15) is 0 Å². The molecule has 0 aromatic heterocycles. The number of rotatable bonds is 1. The maximum atomic E-state index is 9.03. The Balaban J connectivity index is 0. The zero-order valence-corrected chi connectivity index (χ0v) is 4.82. The summed E-state index contributed by atoms with van der Waals surface area (Å²) in [5.74, 6) is 0. The van der Waals surface area contributed by atoms with Crippen LogP contribution in [0.2, 0.25) is 0 Å². The van der Waals surface area contributed by atoms with Gasteiger partial charge in [0.25, 0.3) is 0 Å². The topological polar surface area (TPSA) is 98.6 Å². The van der Waals surface area contributed by atoms with E-state index >= 15 is 0 Å². The Hall–Kier alpha value is 0.536. The molecule has 7 heteroatoms. The molecule has 49 valence electrons. The Morgan fingerprint density at radius 3 is 1.43 bits per heavy atom. The molecule has 0 aromatic rings. The van der Waals surface area contributed by atoms with Crippen LogP contribution in [0.1, 0.15) is 0 Å². The molecule has 0 aliphatic rings. The van der Waals surface area contributed by atoms with Crippen LogP contribution in [0.5, 0.6) is 0 Å². The SMILES string of the molecule is [Cu].[O-][Si]([O-])([O-])OO. The second-order valence-electron chi connectivity index (χ2n) is 0.591. The average Bonchev–Trinajstić information content (AvgIpc) is 1.35. The van der Waals surface area contributed by atoms with Crippen molar-refractivity contribution in [2.45, 2.75) is 0 Å². The zero-order valence-electron chi connectivity index (χ0n) is 2.88. The van der Waals surface area contributed by atoms with Gasteiger partial charge in [-0.3, -0.25) is 5.26 Å². The molecule has 0 aliphatic carbocycles. The van der Waals surface area contributed by atoms with E-state index in [1.165, 1.54) is 0 Å². The van der Waals surface area contributed by atoms with Gasteiger partial charge in [-0.1, -0.05) is 9.05 Å². The molecule has 0 fully saturated rings. The van der Waals surface area contributed by atoms with Crippen LogP contribution in [0.4, 0.5) is 0 Å². The normalized spacial score (nSPS) is 10.3. The summed E-state index contributed by atoms with van der Waals surface area (Å²) >= 11 is 0. The summed E-state index contributed by atoms with van der Waals surface area (Å²) in [6.07, 6.45) is 0. The molecule has 1 N–H and O–H groups in total. The third kappa shape index (κ3) is 10.8. The van der Waals surface area contributed by atoms with Crippen LogP contribution in [0.3, 0.4) is 0 Å². The fraction of sp³-hybridized carbons (Fsp3) is 0. The zero-order chi connectivity index (χ0) is 5.21. The molecule has 0 saturated carbocycles. The fourth-order valence-electron chi connectivity index (χ4n) is 0. The van der Waals surface area contributed by atoms with Crippen molar-refractivity contribution in [1.82, 2.24) is 0 Å². The Morgan fingerprint density at radius 1 is 1.29 bits per heavy atom. The first-order valence-corrected chi connectivity index (χ1v) is 2.63. The molecule has 0 atom stereocenters. The smallest absolute Gasteiger partial charge is 0 e. The molecule has 5 nitrogen and oxygen atoms in total. The van der Waals surface area contributed by atoms with Crippen molar-refractivity contribution in [2.75, 3.05) is 0 Å². The van der Waals surface area contributed by atoms with E-state index in [1.807, 2.05) is 0 Å². The molecule has 1 radical (unpaired) electrons. The van der Waals surface area contributed by atoms with Gasteiger partial charge in [0.05, 0.1) is 0 Å². The summed E-state index contributed by atoms with van der Waals surface area (Å²) in [5.41, 5.74) is 0. The van der Waals surface area contributed by atoms with Gasteiger partial charge in [-0.25, -0.2) is 0 Å². The molecule has 0 unspecified atom stereocenters. The maximum absolute atomic E-state index is 9.03. The molecule has 7 heavy (non-hydrogen) atoms. The second kappa shape index (κ2) is 3.53. The quantitative estimate of drug-likeness (QED) is 0.247. The largest absolute Gasteiger partial charge is 0.859 e. The van der Waals surface area contributed by atoms with Gasteiger partial charge in [-0.15, -0.1) is 0 Å². The molecular weight excluding hydrogens is 172 g/mol. The summed E-state index contributed by atoms with van der Waals surface area (Å²) < 4.78 is 2.41. The van der Waals surface area contributed by atoms with E-state index in [4.69, 9.17) is 19.6 Å². The standard InChI is InChI=1S/Cu.HO5Si/c;1-5-6(2,3)4/h;1H/q;-3. The fourth-order valence-corrected chi connectivity index (χ4v) is 0. The first-order chi connectivity index (χ1) is 2.56. The molecule has 0 aromatic carbocycles. The average molecular weight is 173 g/mol. The minimum absolute atomic E-state index is 0. The van der Waals surface area contributed by atoms with Crippen molar-refractivity contribution in [2.24, 2.45) is 0 Å². The molecule has 0 saturated heterocycles. The minimum atomic E-state index is -5.33. The van der Waals surface area contributed by atoms with E-state index in [0.29, 0.717) is 0 Å². The van der Waals surface area contributed by atoms with Gasteiger partial charge in [0.2, 0.25) is 0 Å². The predicted octanol–water partition coefficient (Wildman–Crippen LogP) is -4.01. The Labute approximate surface area is 51.1 Å². The molecule has 0 aliphatic heterocycles. The minimum Gasteiger partial charge on any atom is -0.859 e. The van der Waals surface area contributed by atoms with Gasteiger partial charge < -0.3 is 19.0 Å². The third-order valence-electron chi connectivity index (χ3n) is 0.112. The van der Waals surface area contributed by atoms with Gasteiger partial charge >= 0.3 is 0 Å². The van der Waals surface area contributed by atoms with E-state index < -0.39 is 9.05 Å². The monoisotopic (exact) mass is 172 g/mol. The molecule has 0 bridgehead atoms. The van der Waals surface area contributed by atoms with E-state index in [-0.39, 0.29) is 17.1 Å². The van der Waals surface area contributed by atoms with Crippen molar-refractivity contribution >= 4 is 9.05 Å². The molecular formula is HCuO5Si-3. The van der Waals surface area contributed by atoms with E-state index in [9.17, 15) is 0 Å². The summed E-state index contributed by atoms with van der Waals surface area (Å²) in [5, 5.41) is 7.03. The first kappa shape index (κ1) is 10.5. The second-order valence-corrected chi connectivity index (χ2v) is 1.77. The van der Waals surface area contributed by atoms with Crippen molar-refractivity contribution < 1.29 is 41.3 Å². The Bertz CT molecular complexity index is 37.8. The van der Waals surface area contributed by atoms with E-state index in [0.717, 1.165) is 0 Å². The van der Waals surface area contributed by atoms with Crippen molar-refractivity contribution in [3.63, 3.8) is 0 Å². The van der Waals surface area contributed by atoms with E-state index in [2.05, 4.69) is 4.58 Å². The van der Waals surface area contributed by atoms with Gasteiger partial charge in [-0.2, -0.15) is 0 Å². The van der Waals surface area contributed by atoms with Crippen LogP contribution in [0.15, 0.2) is 0 Å². The number of hydrogen-bond acceptors (Lipinski definition) is 5. The summed E-state index contributed by atoms with van der Waals surface area (Å²) in [7, 11) is -5.33. The maximum Gasteiger partial charge on any atom is 0 e. The molecule has 0 spiro atoms. The van der Waals surface area contributed by atoms with Gasteiger partial charge in [0, 0.05) is 17.1 Å². The summed E-state index contributed by atoms with van der Waals surface area (Å²) in [6.45, 7) is 0. The Kier molecular flexibility index (Phi) is 5.29. The van der Waals surface area contributed by atoms with Crippen LogP contribution < -0.4 is 14.4 Å². The van der Waals surface area contributed by atoms with Crippen molar-refractivity contribution in [3.05, 3.63) is 0 Å². The van der Waals surface area contributed by atoms with Crippen LogP contribution in [0, 0.1) is 0 Å². The van der Waals surface area contributed by atoms with Crippen LogP contribution >= 0.6 is 0 Å². The van der Waals surface area contributed by atoms with E-state index in [1.54, 1.807) is 0 Å². The molecule has 0 amide bonds. The van der Waals surface area contributed by atoms with Gasteiger partial charge in [0.15, 0.2) is 0 Å². The first-order valence-electron chi connectivity index (χ1n) is 0.999. The summed E-state index contributed by atoms with van der Waals surface area (Å²) in [6, 6.07) is 0.